The highest BCUT2D eigenvalue weighted by Crippen LogP contribution is 2.20. The fourth-order valence-electron chi connectivity index (χ4n) is 2.47. The second-order valence-corrected chi connectivity index (χ2v) is 7.93. The van der Waals surface area contributed by atoms with Gasteiger partial charge in [0.1, 0.15) is 11.6 Å². The van der Waals surface area contributed by atoms with Crippen LogP contribution < -0.4 is 10.6 Å². The number of aryl methyl sites for hydroxylation is 1. The van der Waals surface area contributed by atoms with E-state index >= 15 is 0 Å². The molecule has 8 nitrogen and oxygen atoms in total. The Kier molecular flexibility index (Phi) is 7.31. The van der Waals surface area contributed by atoms with Gasteiger partial charge in [-0.1, -0.05) is 30.0 Å². The molecule has 0 unspecified atom stereocenters. The number of thioether (sulfide) groups is 1. The smallest absolute Gasteiger partial charge is 0.236 e. The number of allylic oxidation sites excluding steroid dienone is 1. The van der Waals surface area contributed by atoms with Crippen molar-refractivity contribution in [3.8, 4) is 0 Å². The van der Waals surface area contributed by atoms with E-state index in [4.69, 9.17) is 0 Å². The highest BCUT2D eigenvalue weighted by Gasteiger charge is 2.17. The molecule has 0 fully saturated rings. The number of para-hydroxylation sites is 1. The van der Waals surface area contributed by atoms with Gasteiger partial charge in [-0.2, -0.15) is 0 Å². The van der Waals surface area contributed by atoms with E-state index < -0.39 is 11.7 Å². The number of anilines is 2. The molecule has 11 heteroatoms. The average molecular weight is 447 g/mol. The molecule has 2 amide bonds. The number of nitrogens with one attached hydrogen (secondary N) is 2. The summed E-state index contributed by atoms with van der Waals surface area (Å²) in [5.74, 6) is -0.666. The number of hydrogen-bond donors (Lipinski definition) is 2. The average Bonchev–Trinajstić information content (AvgIpc) is 3.28. The van der Waals surface area contributed by atoms with Gasteiger partial charge in [0.2, 0.25) is 11.8 Å². The highest BCUT2D eigenvalue weighted by molar-refractivity contribution is 7.99. The third kappa shape index (κ3) is 5.74. The molecule has 0 radical (unpaired) electrons. The second-order valence-electron chi connectivity index (χ2n) is 6.13. The van der Waals surface area contributed by atoms with Crippen molar-refractivity contribution >= 4 is 45.7 Å². The summed E-state index contributed by atoms with van der Waals surface area (Å²) in [6.45, 7) is 5.92. The summed E-state index contributed by atoms with van der Waals surface area (Å²) in [5, 5.41) is 16.2. The van der Waals surface area contributed by atoms with Gasteiger partial charge in [0.25, 0.3) is 0 Å². The van der Waals surface area contributed by atoms with Crippen molar-refractivity contribution in [2.45, 2.75) is 25.0 Å². The summed E-state index contributed by atoms with van der Waals surface area (Å²) in [5.41, 5.74) is 0.938. The molecule has 0 bridgehead atoms. The maximum atomic E-state index is 13.7. The molecule has 2 heterocycles. The molecular formula is C19H19FN6O2S2. The zero-order valence-corrected chi connectivity index (χ0v) is 17.7. The number of aromatic nitrogens is 4. The van der Waals surface area contributed by atoms with E-state index in [1.807, 2.05) is 12.3 Å². The van der Waals surface area contributed by atoms with Crippen LogP contribution in [0.25, 0.3) is 0 Å². The minimum absolute atomic E-state index is 0.0969. The Morgan fingerprint density at radius 2 is 2.07 bits per heavy atom. The predicted molar refractivity (Wildman–Crippen MR) is 115 cm³/mol. The molecule has 0 saturated carbocycles. The van der Waals surface area contributed by atoms with Crippen LogP contribution in [0.4, 0.5) is 15.2 Å². The number of carbonyl (C=O) groups is 2. The number of nitrogens with zero attached hydrogens (tertiary/aromatic N) is 4. The van der Waals surface area contributed by atoms with Gasteiger partial charge in [0.15, 0.2) is 10.3 Å². The summed E-state index contributed by atoms with van der Waals surface area (Å²) < 4.78 is 15.4. The van der Waals surface area contributed by atoms with Crippen LogP contribution in [0.5, 0.6) is 0 Å². The Morgan fingerprint density at radius 3 is 2.77 bits per heavy atom. The lowest BCUT2D eigenvalue weighted by atomic mass is 10.3. The largest absolute Gasteiger partial charge is 0.323 e. The molecule has 0 spiro atoms. The van der Waals surface area contributed by atoms with Crippen LogP contribution >= 0.6 is 23.1 Å². The summed E-state index contributed by atoms with van der Waals surface area (Å²) in [7, 11) is 0. The normalized spacial score (nSPS) is 10.6. The molecule has 0 aliphatic rings. The summed E-state index contributed by atoms with van der Waals surface area (Å²) in [6, 6.07) is 5.92. The number of thiazole rings is 1. The lowest BCUT2D eigenvalue weighted by Crippen LogP contribution is -2.18. The van der Waals surface area contributed by atoms with E-state index in [1.54, 1.807) is 22.8 Å². The number of halogens is 1. The first kappa shape index (κ1) is 21.7. The Morgan fingerprint density at radius 1 is 1.27 bits per heavy atom. The van der Waals surface area contributed by atoms with E-state index in [2.05, 4.69) is 32.4 Å². The van der Waals surface area contributed by atoms with Gasteiger partial charge >= 0.3 is 0 Å². The topological polar surface area (TPSA) is 102 Å². The first-order valence-corrected chi connectivity index (χ1v) is 10.7. The third-order valence-corrected chi connectivity index (χ3v) is 5.61. The second kappa shape index (κ2) is 10.1. The Labute approximate surface area is 180 Å². The molecule has 156 valence electrons. The minimum Gasteiger partial charge on any atom is -0.323 e. The van der Waals surface area contributed by atoms with Gasteiger partial charge in [0.05, 0.1) is 23.6 Å². The van der Waals surface area contributed by atoms with Crippen molar-refractivity contribution < 1.29 is 14.0 Å². The van der Waals surface area contributed by atoms with Crippen molar-refractivity contribution in [1.82, 2.24) is 19.7 Å². The highest BCUT2D eigenvalue weighted by atomic mass is 32.2. The number of benzene rings is 1. The molecule has 1 aromatic carbocycles. The van der Waals surface area contributed by atoms with E-state index in [-0.39, 0.29) is 23.8 Å². The van der Waals surface area contributed by atoms with Gasteiger partial charge < -0.3 is 15.2 Å². The summed E-state index contributed by atoms with van der Waals surface area (Å²) in [6.07, 6.45) is 1.55. The summed E-state index contributed by atoms with van der Waals surface area (Å²) >= 11 is 2.54. The first-order chi connectivity index (χ1) is 14.5. The lowest BCUT2D eigenvalue weighted by Gasteiger charge is -2.09. The zero-order chi connectivity index (χ0) is 21.5. The van der Waals surface area contributed by atoms with Crippen LogP contribution in [0.15, 0.2) is 47.5 Å². The number of rotatable bonds is 9. The maximum absolute atomic E-state index is 13.7. The van der Waals surface area contributed by atoms with E-state index in [9.17, 15) is 14.0 Å². The molecule has 2 aromatic heterocycles. The molecule has 0 atom stereocenters. The third-order valence-electron chi connectivity index (χ3n) is 3.77. The molecule has 2 N–H and O–H groups in total. The van der Waals surface area contributed by atoms with Crippen molar-refractivity contribution in [3.05, 3.63) is 59.6 Å². The van der Waals surface area contributed by atoms with E-state index in [1.165, 1.54) is 35.2 Å². The molecule has 0 saturated heterocycles. The van der Waals surface area contributed by atoms with Crippen LogP contribution in [-0.2, 0) is 22.6 Å². The zero-order valence-electron chi connectivity index (χ0n) is 16.1. The summed E-state index contributed by atoms with van der Waals surface area (Å²) in [4.78, 5) is 28.6. The van der Waals surface area contributed by atoms with Crippen LogP contribution in [0.3, 0.4) is 0 Å². The van der Waals surface area contributed by atoms with E-state index in [0.29, 0.717) is 22.7 Å². The van der Waals surface area contributed by atoms with Crippen LogP contribution in [0.2, 0.25) is 0 Å². The Bertz CT molecular complexity index is 1060. The van der Waals surface area contributed by atoms with Crippen molar-refractivity contribution in [3.63, 3.8) is 0 Å². The maximum Gasteiger partial charge on any atom is 0.236 e. The van der Waals surface area contributed by atoms with E-state index in [0.717, 1.165) is 5.69 Å². The van der Waals surface area contributed by atoms with Crippen LogP contribution in [0, 0.1) is 12.7 Å². The van der Waals surface area contributed by atoms with Crippen molar-refractivity contribution in [2.24, 2.45) is 0 Å². The quantitative estimate of drug-likeness (QED) is 0.386. The van der Waals surface area contributed by atoms with Crippen LogP contribution in [-0.4, -0.2) is 37.3 Å². The first-order valence-electron chi connectivity index (χ1n) is 8.88. The molecule has 3 aromatic rings. The molecular weight excluding hydrogens is 427 g/mol. The predicted octanol–water partition coefficient (Wildman–Crippen LogP) is 3.28. The SMILES string of the molecule is C=CCn1c(CC(=O)Nc2ccccc2F)nnc1SCC(=O)Nc1nc(C)cs1. The van der Waals surface area contributed by atoms with Crippen molar-refractivity contribution in [1.29, 1.82) is 0 Å². The molecule has 0 aliphatic carbocycles. The van der Waals surface area contributed by atoms with Crippen LogP contribution in [0.1, 0.15) is 11.5 Å². The Balaban J connectivity index is 1.62. The Hall–Kier alpha value is -3.05. The van der Waals surface area contributed by atoms with Gasteiger partial charge in [0, 0.05) is 11.9 Å². The molecule has 3 rings (SSSR count). The van der Waals surface area contributed by atoms with Gasteiger partial charge in [-0.05, 0) is 19.1 Å². The van der Waals surface area contributed by atoms with Gasteiger partial charge in [-0.15, -0.1) is 28.1 Å². The molecule has 0 aliphatic heterocycles. The van der Waals surface area contributed by atoms with Gasteiger partial charge in [-0.25, -0.2) is 9.37 Å². The minimum atomic E-state index is -0.518. The number of hydrogen-bond acceptors (Lipinski definition) is 7. The lowest BCUT2D eigenvalue weighted by molar-refractivity contribution is -0.116. The fourth-order valence-corrected chi connectivity index (χ4v) is 3.94. The standard InChI is InChI=1S/C19H19FN6O2S2/c1-3-8-26-15(9-16(27)22-14-7-5-4-6-13(14)20)24-25-19(26)30-11-17(28)23-18-21-12(2)10-29-18/h3-7,10H,1,8-9,11H2,2H3,(H,22,27)(H,21,23,28). The molecule has 30 heavy (non-hydrogen) atoms. The van der Waals surface area contributed by atoms with Gasteiger partial charge in [-0.3, -0.25) is 9.59 Å². The number of amides is 2. The number of carbonyl (C=O) groups excluding carboxylic acids is 2. The monoisotopic (exact) mass is 446 g/mol. The fraction of sp³-hybridized carbons (Fsp3) is 0.211. The van der Waals surface area contributed by atoms with Crippen molar-refractivity contribution in [2.75, 3.05) is 16.4 Å².